The molecule has 7 heteroatoms. The zero-order chi connectivity index (χ0) is 14.2. The summed E-state index contributed by atoms with van der Waals surface area (Å²) in [6, 6.07) is 2.35. The molecule has 0 N–H and O–H groups in total. The first kappa shape index (κ1) is 13.7. The van der Waals surface area contributed by atoms with Crippen molar-refractivity contribution >= 4 is 34.1 Å². The number of aryl methyl sites for hydroxylation is 2. The molecule has 100 valence electrons. The van der Waals surface area contributed by atoms with Crippen molar-refractivity contribution in [2.75, 3.05) is 0 Å². The number of thiocarbonyl (C=S) groups is 1. The number of benzene rings is 1. The van der Waals surface area contributed by atoms with Crippen molar-refractivity contribution in [1.29, 1.82) is 0 Å². The maximum absolute atomic E-state index is 13.0. The number of hydrogen-bond acceptors (Lipinski definition) is 3. The number of imidazole rings is 1. The molecule has 0 aliphatic rings. The fraction of sp³-hybridized carbons (Fsp3) is 0.333. The smallest absolute Gasteiger partial charge is 0.328 e. The molecule has 2 aromatic rings. The van der Waals surface area contributed by atoms with Crippen LogP contribution in [0.25, 0.3) is 11.0 Å². The number of hydrogen-bond donors (Lipinski definition) is 0. The molecule has 0 unspecified atom stereocenters. The molecular weight excluding hydrogens is 275 g/mol. The predicted molar refractivity (Wildman–Crippen MR) is 69.8 cm³/mol. The van der Waals surface area contributed by atoms with Gasteiger partial charge < -0.3 is 4.57 Å². The third kappa shape index (κ3) is 2.39. The minimum absolute atomic E-state index is 0.254. The Morgan fingerprint density at radius 1 is 1.42 bits per heavy atom. The Morgan fingerprint density at radius 2 is 2.11 bits per heavy atom. The number of aliphatic imine (C=N–C) groups is 1. The SMILES string of the molecule is CCn1c(C)nc2cc(N=C=S)c(C(F)(F)F)cc21. The highest BCUT2D eigenvalue weighted by molar-refractivity contribution is 7.78. The van der Waals surface area contributed by atoms with Gasteiger partial charge in [0.05, 0.1) is 27.4 Å². The monoisotopic (exact) mass is 285 g/mol. The van der Waals surface area contributed by atoms with E-state index in [1.807, 2.05) is 12.1 Å². The van der Waals surface area contributed by atoms with E-state index in [-0.39, 0.29) is 5.69 Å². The molecule has 0 aliphatic heterocycles. The molecule has 0 bridgehead atoms. The summed E-state index contributed by atoms with van der Waals surface area (Å²) in [5.41, 5.74) is -0.172. The molecule has 3 nitrogen and oxygen atoms in total. The summed E-state index contributed by atoms with van der Waals surface area (Å²) >= 11 is 4.38. The molecule has 0 radical (unpaired) electrons. The second-order valence-corrected chi connectivity index (χ2v) is 4.14. The quantitative estimate of drug-likeness (QED) is 0.614. The number of alkyl halides is 3. The first-order valence-corrected chi connectivity index (χ1v) is 5.95. The van der Waals surface area contributed by atoms with Crippen molar-refractivity contribution in [3.63, 3.8) is 0 Å². The molecule has 1 aromatic heterocycles. The lowest BCUT2D eigenvalue weighted by molar-refractivity contribution is -0.136. The first-order valence-electron chi connectivity index (χ1n) is 5.54. The lowest BCUT2D eigenvalue weighted by Crippen LogP contribution is -2.06. The Hall–Kier alpha value is -1.72. The van der Waals surface area contributed by atoms with Crippen LogP contribution in [-0.4, -0.2) is 14.7 Å². The number of nitrogens with zero attached hydrogens (tertiary/aromatic N) is 3. The number of halogens is 3. The first-order chi connectivity index (χ1) is 8.88. The standard InChI is InChI=1S/C12H10F3N3S/c1-3-18-7(2)17-10-5-9(16-6-19)8(4-11(10)18)12(13,14)15/h4-5H,3H2,1-2H3. The number of aromatic nitrogens is 2. The van der Waals surface area contributed by atoms with Gasteiger partial charge >= 0.3 is 6.18 Å². The van der Waals surface area contributed by atoms with Gasteiger partial charge in [0, 0.05) is 6.54 Å². The Labute approximate surface area is 112 Å². The average Bonchev–Trinajstić information content (AvgIpc) is 2.61. The fourth-order valence-corrected chi connectivity index (χ4v) is 2.15. The van der Waals surface area contributed by atoms with E-state index in [0.717, 1.165) is 6.07 Å². The van der Waals surface area contributed by atoms with Gasteiger partial charge in [0.25, 0.3) is 0 Å². The fourth-order valence-electron chi connectivity index (χ4n) is 2.05. The topological polar surface area (TPSA) is 30.2 Å². The third-order valence-corrected chi connectivity index (χ3v) is 2.94. The van der Waals surface area contributed by atoms with E-state index in [9.17, 15) is 13.2 Å². The highest BCUT2D eigenvalue weighted by atomic mass is 32.1. The molecule has 0 fully saturated rings. The summed E-state index contributed by atoms with van der Waals surface area (Å²) < 4.78 is 40.7. The molecule has 19 heavy (non-hydrogen) atoms. The van der Waals surface area contributed by atoms with Crippen LogP contribution in [0.4, 0.5) is 18.9 Å². The van der Waals surface area contributed by atoms with Crippen LogP contribution in [0, 0.1) is 6.92 Å². The van der Waals surface area contributed by atoms with Gasteiger partial charge in [-0.25, -0.2) is 4.98 Å². The van der Waals surface area contributed by atoms with E-state index in [2.05, 4.69) is 22.2 Å². The van der Waals surface area contributed by atoms with Gasteiger partial charge in [-0.05, 0) is 38.2 Å². The lowest BCUT2D eigenvalue weighted by atomic mass is 10.1. The molecule has 0 atom stereocenters. The van der Waals surface area contributed by atoms with E-state index in [0.29, 0.717) is 23.4 Å². The van der Waals surface area contributed by atoms with Crippen LogP contribution in [0.2, 0.25) is 0 Å². The van der Waals surface area contributed by atoms with Crippen LogP contribution in [0.3, 0.4) is 0 Å². The maximum atomic E-state index is 13.0. The van der Waals surface area contributed by atoms with Crippen LogP contribution < -0.4 is 0 Å². The van der Waals surface area contributed by atoms with Crippen molar-refractivity contribution < 1.29 is 13.2 Å². The molecule has 0 spiro atoms. The Kier molecular flexibility index (Phi) is 3.43. The van der Waals surface area contributed by atoms with Crippen LogP contribution in [0.1, 0.15) is 18.3 Å². The molecule has 0 saturated carbocycles. The number of fused-ring (bicyclic) bond motifs is 1. The summed E-state index contributed by atoms with van der Waals surface area (Å²) in [6.07, 6.45) is -4.49. The van der Waals surface area contributed by atoms with Gasteiger partial charge in [-0.3, -0.25) is 0 Å². The van der Waals surface area contributed by atoms with Crippen molar-refractivity contribution in [1.82, 2.24) is 9.55 Å². The zero-order valence-corrected chi connectivity index (χ0v) is 11.1. The summed E-state index contributed by atoms with van der Waals surface area (Å²) in [4.78, 5) is 7.71. The summed E-state index contributed by atoms with van der Waals surface area (Å²) in [6.45, 7) is 4.15. The van der Waals surface area contributed by atoms with Gasteiger partial charge in [0.1, 0.15) is 5.82 Å². The van der Waals surface area contributed by atoms with E-state index in [4.69, 9.17) is 0 Å². The lowest BCUT2D eigenvalue weighted by Gasteiger charge is -2.10. The average molecular weight is 285 g/mol. The largest absolute Gasteiger partial charge is 0.418 e. The van der Waals surface area contributed by atoms with E-state index >= 15 is 0 Å². The number of rotatable bonds is 2. The van der Waals surface area contributed by atoms with Crippen molar-refractivity contribution in [2.45, 2.75) is 26.6 Å². The molecule has 0 aliphatic carbocycles. The Bertz CT molecular complexity index is 682. The maximum Gasteiger partial charge on any atom is 0.418 e. The highest BCUT2D eigenvalue weighted by Crippen LogP contribution is 2.38. The molecule has 0 saturated heterocycles. The summed E-state index contributed by atoms with van der Waals surface area (Å²) in [7, 11) is 0. The Morgan fingerprint density at radius 3 is 2.63 bits per heavy atom. The van der Waals surface area contributed by atoms with Crippen LogP contribution in [0.15, 0.2) is 17.1 Å². The van der Waals surface area contributed by atoms with Crippen molar-refractivity contribution in [3.05, 3.63) is 23.5 Å². The second kappa shape index (κ2) is 4.75. The van der Waals surface area contributed by atoms with E-state index in [1.165, 1.54) is 6.07 Å². The van der Waals surface area contributed by atoms with Gasteiger partial charge in [-0.2, -0.15) is 18.2 Å². The molecule has 1 aromatic carbocycles. The van der Waals surface area contributed by atoms with Crippen LogP contribution in [0.5, 0.6) is 0 Å². The second-order valence-electron chi connectivity index (χ2n) is 3.96. The molecule has 1 heterocycles. The minimum atomic E-state index is -4.49. The van der Waals surface area contributed by atoms with Gasteiger partial charge in [0.15, 0.2) is 0 Å². The minimum Gasteiger partial charge on any atom is -0.328 e. The third-order valence-electron chi connectivity index (χ3n) is 2.84. The van der Waals surface area contributed by atoms with Gasteiger partial charge in [0.2, 0.25) is 0 Å². The van der Waals surface area contributed by atoms with E-state index < -0.39 is 11.7 Å². The van der Waals surface area contributed by atoms with E-state index in [1.54, 1.807) is 11.5 Å². The van der Waals surface area contributed by atoms with Crippen molar-refractivity contribution in [2.24, 2.45) is 4.99 Å². The van der Waals surface area contributed by atoms with Crippen LogP contribution in [-0.2, 0) is 12.7 Å². The predicted octanol–water partition coefficient (Wildman–Crippen LogP) is 4.12. The molecular formula is C12H10F3N3S. The normalized spacial score (nSPS) is 11.6. The Balaban J connectivity index is 2.84. The zero-order valence-electron chi connectivity index (χ0n) is 10.2. The van der Waals surface area contributed by atoms with Crippen LogP contribution >= 0.6 is 12.2 Å². The van der Waals surface area contributed by atoms with Gasteiger partial charge in [-0.15, -0.1) is 0 Å². The number of isothiocyanates is 1. The van der Waals surface area contributed by atoms with Crippen molar-refractivity contribution in [3.8, 4) is 0 Å². The van der Waals surface area contributed by atoms with Gasteiger partial charge in [-0.1, -0.05) is 0 Å². The summed E-state index contributed by atoms with van der Waals surface area (Å²) in [5, 5.41) is 1.97. The molecule has 0 amide bonds. The summed E-state index contributed by atoms with van der Waals surface area (Å²) in [5.74, 6) is 0.661. The molecule has 2 rings (SSSR count). The highest BCUT2D eigenvalue weighted by Gasteiger charge is 2.34.